The van der Waals surface area contributed by atoms with E-state index in [2.05, 4.69) is 10.6 Å². The lowest BCUT2D eigenvalue weighted by molar-refractivity contribution is -0.130. The fourth-order valence-corrected chi connectivity index (χ4v) is 4.97. The molecule has 4 rings (SSSR count). The Morgan fingerprint density at radius 2 is 1.77 bits per heavy atom. The fraction of sp³-hybridized carbons (Fsp3) is 0.882. The molecule has 5 nitrogen and oxygen atoms in total. The summed E-state index contributed by atoms with van der Waals surface area (Å²) in [6.07, 6.45) is 9.70. The zero-order valence-corrected chi connectivity index (χ0v) is 13.2. The van der Waals surface area contributed by atoms with Crippen molar-refractivity contribution in [1.29, 1.82) is 0 Å². The third kappa shape index (κ3) is 2.75. The van der Waals surface area contributed by atoms with E-state index in [0.29, 0.717) is 37.1 Å². The van der Waals surface area contributed by atoms with Crippen LogP contribution in [0.1, 0.15) is 57.8 Å². The Morgan fingerprint density at radius 3 is 2.45 bits per heavy atom. The molecule has 3 aliphatic heterocycles. The molecule has 0 aromatic carbocycles. The van der Waals surface area contributed by atoms with Gasteiger partial charge in [-0.2, -0.15) is 0 Å². The van der Waals surface area contributed by atoms with Crippen LogP contribution < -0.4 is 10.6 Å². The summed E-state index contributed by atoms with van der Waals surface area (Å²) in [7, 11) is 0. The van der Waals surface area contributed by atoms with Crippen LogP contribution in [-0.4, -0.2) is 47.4 Å². The first-order chi connectivity index (χ1) is 10.7. The molecule has 122 valence electrons. The number of carbonyl (C=O) groups is 2. The minimum Gasteiger partial charge on any atom is -0.353 e. The molecule has 3 saturated heterocycles. The maximum absolute atomic E-state index is 12.5. The van der Waals surface area contributed by atoms with Crippen LogP contribution in [0.2, 0.25) is 0 Å². The maximum Gasteiger partial charge on any atom is 0.225 e. The van der Waals surface area contributed by atoms with Gasteiger partial charge in [0.25, 0.3) is 0 Å². The van der Waals surface area contributed by atoms with Gasteiger partial charge in [0.2, 0.25) is 11.8 Å². The summed E-state index contributed by atoms with van der Waals surface area (Å²) in [5.41, 5.74) is 0. The van der Waals surface area contributed by atoms with Gasteiger partial charge in [-0.25, -0.2) is 0 Å². The number of fused-ring (bicyclic) bond motifs is 2. The lowest BCUT2D eigenvalue weighted by atomic mass is 9.98. The zero-order valence-electron chi connectivity index (χ0n) is 13.2. The summed E-state index contributed by atoms with van der Waals surface area (Å²) >= 11 is 0. The van der Waals surface area contributed by atoms with Crippen LogP contribution in [0, 0.1) is 5.92 Å². The van der Waals surface area contributed by atoms with Gasteiger partial charge < -0.3 is 15.5 Å². The highest BCUT2D eigenvalue weighted by Crippen LogP contribution is 2.30. The van der Waals surface area contributed by atoms with Crippen molar-refractivity contribution in [2.75, 3.05) is 6.54 Å². The van der Waals surface area contributed by atoms with Crippen LogP contribution in [0.15, 0.2) is 0 Å². The average Bonchev–Trinajstić information content (AvgIpc) is 3.19. The molecule has 2 N–H and O–H groups in total. The number of hydrogen-bond acceptors (Lipinski definition) is 3. The molecule has 5 heteroatoms. The van der Waals surface area contributed by atoms with E-state index in [1.54, 1.807) is 0 Å². The predicted octanol–water partition coefficient (Wildman–Crippen LogP) is 1.18. The summed E-state index contributed by atoms with van der Waals surface area (Å²) in [6, 6.07) is 1.88. The highest BCUT2D eigenvalue weighted by molar-refractivity contribution is 5.89. The number of piperidine rings is 1. The highest BCUT2D eigenvalue weighted by Gasteiger charge is 2.40. The standard InChI is InChI=1S/C17H27N3O2/c21-16-7-11(10-20(16)15-3-1-2-4-15)17(22)19-14-8-12-5-6-13(9-14)18-12/h11-15,18H,1-10H2,(H,19,22). The van der Waals surface area contributed by atoms with Crippen LogP contribution in [0.25, 0.3) is 0 Å². The number of hydrogen-bond donors (Lipinski definition) is 2. The van der Waals surface area contributed by atoms with Crippen LogP contribution in [-0.2, 0) is 9.59 Å². The number of rotatable bonds is 3. The Hall–Kier alpha value is -1.10. The van der Waals surface area contributed by atoms with E-state index in [1.807, 2.05) is 4.90 Å². The first kappa shape index (κ1) is 14.5. The lowest BCUT2D eigenvalue weighted by Crippen LogP contribution is -2.49. The first-order valence-corrected chi connectivity index (χ1v) is 9.05. The van der Waals surface area contributed by atoms with E-state index < -0.39 is 0 Å². The number of nitrogens with one attached hydrogen (secondary N) is 2. The van der Waals surface area contributed by atoms with Crippen molar-refractivity contribution >= 4 is 11.8 Å². The molecule has 2 amide bonds. The Balaban J connectivity index is 1.32. The molecule has 1 aliphatic carbocycles. The minimum absolute atomic E-state index is 0.111. The molecule has 22 heavy (non-hydrogen) atoms. The lowest BCUT2D eigenvalue weighted by Gasteiger charge is -2.30. The third-order valence-electron chi connectivity index (χ3n) is 6.11. The van der Waals surface area contributed by atoms with Gasteiger partial charge in [-0.3, -0.25) is 9.59 Å². The van der Waals surface area contributed by atoms with E-state index in [4.69, 9.17) is 0 Å². The number of carbonyl (C=O) groups excluding carboxylic acids is 2. The van der Waals surface area contributed by atoms with Gasteiger partial charge in [0.05, 0.1) is 5.92 Å². The van der Waals surface area contributed by atoms with Crippen molar-refractivity contribution in [3.8, 4) is 0 Å². The number of nitrogens with zero attached hydrogens (tertiary/aromatic N) is 1. The second-order valence-corrected chi connectivity index (χ2v) is 7.70. The molecule has 4 fully saturated rings. The van der Waals surface area contributed by atoms with E-state index in [1.165, 1.54) is 25.7 Å². The van der Waals surface area contributed by atoms with Crippen molar-refractivity contribution in [2.45, 2.75) is 82.0 Å². The molecular formula is C17H27N3O2. The van der Waals surface area contributed by atoms with Crippen molar-refractivity contribution in [3.63, 3.8) is 0 Å². The highest BCUT2D eigenvalue weighted by atomic mass is 16.2. The van der Waals surface area contributed by atoms with Crippen molar-refractivity contribution in [2.24, 2.45) is 5.92 Å². The molecule has 0 spiro atoms. The van der Waals surface area contributed by atoms with Crippen LogP contribution in [0.4, 0.5) is 0 Å². The smallest absolute Gasteiger partial charge is 0.225 e. The molecule has 1 saturated carbocycles. The van der Waals surface area contributed by atoms with Gasteiger partial charge in [-0.15, -0.1) is 0 Å². The SMILES string of the molecule is O=C(NC1CC2CCC(C1)N2)C1CC(=O)N(C2CCCC2)C1. The molecule has 3 unspecified atom stereocenters. The molecule has 3 atom stereocenters. The van der Waals surface area contributed by atoms with Gasteiger partial charge in [0, 0.05) is 37.1 Å². The molecular weight excluding hydrogens is 278 g/mol. The topological polar surface area (TPSA) is 61.4 Å². The Bertz CT molecular complexity index is 449. The van der Waals surface area contributed by atoms with Crippen LogP contribution >= 0.6 is 0 Å². The monoisotopic (exact) mass is 305 g/mol. The fourth-order valence-electron chi connectivity index (χ4n) is 4.97. The Morgan fingerprint density at radius 1 is 1.09 bits per heavy atom. The largest absolute Gasteiger partial charge is 0.353 e. The predicted molar refractivity (Wildman–Crippen MR) is 83.2 cm³/mol. The summed E-state index contributed by atoms with van der Waals surface area (Å²) in [5.74, 6) is 0.179. The molecule has 0 aromatic heterocycles. The minimum atomic E-state index is -0.124. The van der Waals surface area contributed by atoms with Gasteiger partial charge in [0.15, 0.2) is 0 Å². The third-order valence-corrected chi connectivity index (χ3v) is 6.11. The Labute approximate surface area is 132 Å². The van der Waals surface area contributed by atoms with E-state index >= 15 is 0 Å². The normalized spacial score (nSPS) is 38.7. The van der Waals surface area contributed by atoms with E-state index in [9.17, 15) is 9.59 Å². The molecule has 0 radical (unpaired) electrons. The van der Waals surface area contributed by atoms with E-state index in [0.717, 1.165) is 25.7 Å². The molecule has 3 heterocycles. The first-order valence-electron chi connectivity index (χ1n) is 9.05. The number of likely N-dealkylation sites (tertiary alicyclic amines) is 1. The molecule has 4 aliphatic rings. The van der Waals surface area contributed by atoms with Gasteiger partial charge in [-0.1, -0.05) is 12.8 Å². The van der Waals surface area contributed by atoms with Crippen LogP contribution in [0.5, 0.6) is 0 Å². The summed E-state index contributed by atoms with van der Waals surface area (Å²) in [4.78, 5) is 26.8. The van der Waals surface area contributed by atoms with Crippen LogP contribution in [0.3, 0.4) is 0 Å². The maximum atomic E-state index is 12.5. The average molecular weight is 305 g/mol. The van der Waals surface area contributed by atoms with Gasteiger partial charge in [0.1, 0.15) is 0 Å². The summed E-state index contributed by atoms with van der Waals surface area (Å²) in [6.45, 7) is 0.646. The second kappa shape index (κ2) is 5.84. The second-order valence-electron chi connectivity index (χ2n) is 7.70. The quantitative estimate of drug-likeness (QED) is 0.823. The summed E-state index contributed by atoms with van der Waals surface area (Å²) in [5, 5.41) is 6.84. The molecule has 0 aromatic rings. The van der Waals surface area contributed by atoms with E-state index in [-0.39, 0.29) is 17.7 Å². The summed E-state index contributed by atoms with van der Waals surface area (Å²) < 4.78 is 0. The Kier molecular flexibility index (Phi) is 3.84. The zero-order chi connectivity index (χ0) is 15.1. The van der Waals surface area contributed by atoms with Crippen molar-refractivity contribution in [1.82, 2.24) is 15.5 Å². The number of amides is 2. The van der Waals surface area contributed by atoms with Gasteiger partial charge in [-0.05, 0) is 38.5 Å². The van der Waals surface area contributed by atoms with Gasteiger partial charge >= 0.3 is 0 Å². The molecule has 2 bridgehead atoms. The van der Waals surface area contributed by atoms with Crippen molar-refractivity contribution in [3.05, 3.63) is 0 Å². The van der Waals surface area contributed by atoms with Crippen molar-refractivity contribution < 1.29 is 9.59 Å².